The quantitative estimate of drug-likeness (QED) is 0.548. The number of halogens is 5. The van der Waals surface area contributed by atoms with E-state index in [4.69, 9.17) is 16.3 Å². The molecule has 3 nitrogen and oxygen atoms in total. The Bertz CT molecular complexity index is 775. The molecule has 1 aromatic heterocycles. The summed E-state index contributed by atoms with van der Waals surface area (Å²) in [7, 11) is 0. The van der Waals surface area contributed by atoms with Crippen molar-refractivity contribution in [2.24, 2.45) is 0 Å². The van der Waals surface area contributed by atoms with Crippen LogP contribution in [0.5, 0.6) is 5.75 Å². The van der Waals surface area contributed by atoms with Crippen LogP contribution < -0.4 is 10.3 Å². The number of alkyl halides is 2. The summed E-state index contributed by atoms with van der Waals surface area (Å²) in [6.45, 7) is -1.03. The van der Waals surface area contributed by atoms with Gasteiger partial charge in [0, 0.05) is 12.1 Å². The fourth-order valence-electron chi connectivity index (χ4n) is 2.09. The van der Waals surface area contributed by atoms with Crippen LogP contribution in [0.2, 0.25) is 5.02 Å². The van der Waals surface area contributed by atoms with Gasteiger partial charge in [0.05, 0.1) is 17.8 Å². The standard InChI is InChI=1S/C15H12ClF4NO2S/c1-24-7-23-8-4-10(17)14(11(18)5-8)12-3-2-9(16)15(22)21(12)6-13(19)20/h2-5,13H,6-7H2,1H3. The number of pyridine rings is 1. The first-order valence-corrected chi connectivity index (χ1v) is 8.41. The van der Waals surface area contributed by atoms with E-state index in [2.05, 4.69) is 0 Å². The molecule has 9 heteroatoms. The number of benzene rings is 1. The van der Waals surface area contributed by atoms with Crippen LogP contribution >= 0.6 is 23.4 Å². The van der Waals surface area contributed by atoms with E-state index in [1.165, 1.54) is 11.8 Å². The summed E-state index contributed by atoms with van der Waals surface area (Å²) in [5, 5.41) is -0.319. The molecule has 0 radical (unpaired) electrons. The topological polar surface area (TPSA) is 31.2 Å². The highest BCUT2D eigenvalue weighted by atomic mass is 35.5. The molecule has 24 heavy (non-hydrogen) atoms. The van der Waals surface area contributed by atoms with E-state index >= 15 is 0 Å². The average molecular weight is 382 g/mol. The summed E-state index contributed by atoms with van der Waals surface area (Å²) in [5.41, 5.74) is -1.87. The highest BCUT2D eigenvalue weighted by Crippen LogP contribution is 2.30. The Morgan fingerprint density at radius 3 is 2.42 bits per heavy atom. The van der Waals surface area contributed by atoms with Gasteiger partial charge in [-0.2, -0.15) is 0 Å². The van der Waals surface area contributed by atoms with Crippen molar-refractivity contribution in [3.8, 4) is 17.0 Å². The average Bonchev–Trinajstić information content (AvgIpc) is 2.51. The van der Waals surface area contributed by atoms with Crippen LogP contribution in [0.25, 0.3) is 11.3 Å². The lowest BCUT2D eigenvalue weighted by molar-refractivity contribution is 0.126. The number of nitrogens with zero attached hydrogens (tertiary/aromatic N) is 1. The van der Waals surface area contributed by atoms with Gasteiger partial charge < -0.3 is 9.30 Å². The predicted octanol–water partition coefficient (Wildman–Crippen LogP) is 4.41. The number of hydrogen-bond acceptors (Lipinski definition) is 3. The Kier molecular flexibility index (Phi) is 6.17. The Labute approximate surface area is 144 Å². The number of thioether (sulfide) groups is 1. The third-order valence-electron chi connectivity index (χ3n) is 3.06. The molecule has 0 amide bonds. The molecule has 0 aliphatic rings. The van der Waals surface area contributed by atoms with Crippen LogP contribution in [0.15, 0.2) is 29.1 Å². The molecule has 0 spiro atoms. The first-order chi connectivity index (χ1) is 11.3. The fourth-order valence-corrected chi connectivity index (χ4v) is 2.51. The molecule has 0 bridgehead atoms. The van der Waals surface area contributed by atoms with Crippen molar-refractivity contribution in [1.82, 2.24) is 4.57 Å². The number of rotatable bonds is 6. The minimum Gasteiger partial charge on any atom is -0.483 e. The van der Waals surface area contributed by atoms with Gasteiger partial charge in [0.2, 0.25) is 0 Å². The minimum atomic E-state index is -2.89. The molecule has 2 rings (SSSR count). The number of hydrogen-bond donors (Lipinski definition) is 0. The molecule has 0 aliphatic heterocycles. The van der Waals surface area contributed by atoms with Gasteiger partial charge in [-0.25, -0.2) is 17.6 Å². The monoisotopic (exact) mass is 381 g/mol. The fraction of sp³-hybridized carbons (Fsp3) is 0.267. The van der Waals surface area contributed by atoms with Crippen molar-refractivity contribution < 1.29 is 22.3 Å². The lowest BCUT2D eigenvalue weighted by atomic mass is 10.1. The summed E-state index contributed by atoms with van der Waals surface area (Å²) in [6, 6.07) is 4.09. The van der Waals surface area contributed by atoms with Crippen LogP contribution in [-0.2, 0) is 6.54 Å². The molecule has 1 aromatic carbocycles. The van der Waals surface area contributed by atoms with E-state index in [0.29, 0.717) is 4.57 Å². The van der Waals surface area contributed by atoms with Gasteiger partial charge in [0.1, 0.15) is 28.3 Å². The van der Waals surface area contributed by atoms with Crippen LogP contribution in [0.4, 0.5) is 17.6 Å². The largest absolute Gasteiger partial charge is 0.483 e. The maximum Gasteiger partial charge on any atom is 0.269 e. The van der Waals surface area contributed by atoms with Crippen molar-refractivity contribution in [3.05, 3.63) is 51.3 Å². The first kappa shape index (κ1) is 18.7. The zero-order valence-electron chi connectivity index (χ0n) is 12.4. The molecule has 2 aromatic rings. The lowest BCUT2D eigenvalue weighted by Crippen LogP contribution is -2.25. The van der Waals surface area contributed by atoms with E-state index in [0.717, 1.165) is 24.3 Å². The van der Waals surface area contributed by atoms with E-state index in [-0.39, 0.29) is 22.4 Å². The van der Waals surface area contributed by atoms with Gasteiger partial charge in [0.15, 0.2) is 0 Å². The SMILES string of the molecule is CSCOc1cc(F)c(-c2ccc(Cl)c(=O)n2CC(F)F)c(F)c1. The maximum absolute atomic E-state index is 14.3. The molecular formula is C15H12ClF4NO2S. The second-order valence-corrected chi connectivity index (χ2v) is 5.91. The predicted molar refractivity (Wildman–Crippen MR) is 86.1 cm³/mol. The van der Waals surface area contributed by atoms with Crippen LogP contribution in [-0.4, -0.2) is 23.2 Å². The minimum absolute atomic E-state index is 0.0418. The molecule has 1 heterocycles. The van der Waals surface area contributed by atoms with Gasteiger partial charge in [-0.05, 0) is 18.4 Å². The number of ether oxygens (including phenoxy) is 1. The molecule has 0 unspecified atom stereocenters. The van der Waals surface area contributed by atoms with Crippen molar-refractivity contribution in [3.63, 3.8) is 0 Å². The van der Waals surface area contributed by atoms with E-state index in [1.54, 1.807) is 6.26 Å². The van der Waals surface area contributed by atoms with Crippen LogP contribution in [0, 0.1) is 11.6 Å². The Balaban J connectivity index is 2.60. The molecule has 0 atom stereocenters. The van der Waals surface area contributed by atoms with Crippen molar-refractivity contribution in [2.45, 2.75) is 13.0 Å². The van der Waals surface area contributed by atoms with Gasteiger partial charge in [-0.1, -0.05) is 11.6 Å². The Hall–Kier alpha value is -1.67. The highest BCUT2D eigenvalue weighted by molar-refractivity contribution is 7.98. The third kappa shape index (κ3) is 4.05. The molecule has 130 valence electrons. The smallest absolute Gasteiger partial charge is 0.269 e. The van der Waals surface area contributed by atoms with Gasteiger partial charge in [0.25, 0.3) is 12.0 Å². The summed E-state index contributed by atoms with van der Waals surface area (Å²) in [4.78, 5) is 12.0. The van der Waals surface area contributed by atoms with Gasteiger partial charge in [-0.15, -0.1) is 11.8 Å². The molecule has 0 fully saturated rings. The third-order valence-corrected chi connectivity index (χ3v) is 3.70. The highest BCUT2D eigenvalue weighted by Gasteiger charge is 2.20. The van der Waals surface area contributed by atoms with Gasteiger partial charge >= 0.3 is 0 Å². The van der Waals surface area contributed by atoms with Crippen LogP contribution in [0.3, 0.4) is 0 Å². The first-order valence-electron chi connectivity index (χ1n) is 6.63. The number of aromatic nitrogens is 1. The normalized spacial score (nSPS) is 11.1. The Morgan fingerprint density at radius 1 is 1.25 bits per heavy atom. The molecular weight excluding hydrogens is 370 g/mol. The molecule has 0 N–H and O–H groups in total. The summed E-state index contributed by atoms with van der Waals surface area (Å²) in [5.74, 6) is -1.92. The van der Waals surface area contributed by atoms with Crippen LogP contribution in [0.1, 0.15) is 0 Å². The second-order valence-electron chi connectivity index (χ2n) is 4.69. The van der Waals surface area contributed by atoms with E-state index in [9.17, 15) is 22.4 Å². The summed E-state index contributed by atoms with van der Waals surface area (Å²) >= 11 is 6.94. The van der Waals surface area contributed by atoms with Crippen molar-refractivity contribution >= 4 is 23.4 Å². The van der Waals surface area contributed by atoms with Crippen molar-refractivity contribution in [2.75, 3.05) is 12.2 Å². The molecule has 0 aliphatic carbocycles. The maximum atomic E-state index is 14.3. The van der Waals surface area contributed by atoms with Crippen molar-refractivity contribution in [1.29, 1.82) is 0 Å². The zero-order valence-corrected chi connectivity index (χ0v) is 13.9. The van der Waals surface area contributed by atoms with E-state index < -0.39 is 35.7 Å². The van der Waals surface area contributed by atoms with E-state index in [1.807, 2.05) is 0 Å². The molecule has 0 saturated carbocycles. The summed E-state index contributed by atoms with van der Waals surface area (Å²) < 4.78 is 59.7. The van der Waals surface area contributed by atoms with Gasteiger partial charge in [-0.3, -0.25) is 4.79 Å². The second kappa shape index (κ2) is 7.94. The molecule has 0 saturated heterocycles. The Morgan fingerprint density at radius 2 is 1.88 bits per heavy atom. The zero-order chi connectivity index (χ0) is 17.9. The lowest BCUT2D eigenvalue weighted by Gasteiger charge is -2.15. The summed E-state index contributed by atoms with van der Waals surface area (Å²) in [6.07, 6.45) is -1.15.